The average Bonchev–Trinajstić information content (AvgIpc) is 2.24. The predicted molar refractivity (Wildman–Crippen MR) is 73.8 cm³/mol. The molecule has 0 aromatic rings. The van der Waals surface area contributed by atoms with Crippen molar-refractivity contribution in [3.05, 3.63) is 10.5 Å². The highest BCUT2D eigenvalue weighted by Gasteiger charge is 2.52. The summed E-state index contributed by atoms with van der Waals surface area (Å²) < 4.78 is 36.9. The quantitative estimate of drug-likeness (QED) is 0.812. The molecule has 0 fully saturated rings. The van der Waals surface area contributed by atoms with E-state index >= 15 is 0 Å². The molecule has 0 amide bonds. The number of carboxylic acid groups (broad SMARTS) is 1. The molecule has 1 unspecified atom stereocenters. The molecule has 1 rings (SSSR count). The molecule has 3 N–H and O–H groups in total. The fourth-order valence-corrected chi connectivity index (χ4v) is 3.96. The number of rotatable bonds is 5. The van der Waals surface area contributed by atoms with Crippen LogP contribution in [0.2, 0.25) is 0 Å². The third-order valence-corrected chi connectivity index (χ3v) is 4.82. The number of allylic oxidation sites excluding steroid dienone is 2. The van der Waals surface area contributed by atoms with E-state index < -0.39 is 34.1 Å². The third-order valence-electron chi connectivity index (χ3n) is 3.44. The Labute approximate surface area is 125 Å². The number of hydrogen-bond donors (Lipinski definition) is 2. The Morgan fingerprint density at radius 1 is 1.33 bits per heavy atom. The molecule has 1 aliphatic carbocycles. The number of aliphatic carboxylic acids is 1. The number of Topliss-reactive ketones (excluding diaryl/α,β-unsaturated/α-hetero) is 1. The van der Waals surface area contributed by atoms with Gasteiger partial charge in [0.15, 0.2) is 0 Å². The van der Waals surface area contributed by atoms with Crippen LogP contribution in [0.25, 0.3) is 0 Å². The summed E-state index contributed by atoms with van der Waals surface area (Å²) in [5.41, 5.74) is 4.40. The van der Waals surface area contributed by atoms with Gasteiger partial charge in [-0.3, -0.25) is 9.59 Å². The van der Waals surface area contributed by atoms with Crippen molar-refractivity contribution in [3.63, 3.8) is 0 Å². The van der Waals surface area contributed by atoms with Gasteiger partial charge in [-0.05, 0) is 30.6 Å². The Bertz CT molecular complexity index is 509. The summed E-state index contributed by atoms with van der Waals surface area (Å²) >= 11 is 0.933. The summed E-state index contributed by atoms with van der Waals surface area (Å²) in [6.07, 6.45) is -4.64. The van der Waals surface area contributed by atoms with E-state index in [1.54, 1.807) is 13.8 Å². The highest BCUT2D eigenvalue weighted by Crippen LogP contribution is 2.55. The van der Waals surface area contributed by atoms with Crippen LogP contribution in [0.15, 0.2) is 10.5 Å². The van der Waals surface area contributed by atoms with Crippen molar-refractivity contribution in [1.29, 1.82) is 0 Å². The second-order valence-corrected chi connectivity index (χ2v) is 7.96. The van der Waals surface area contributed by atoms with Gasteiger partial charge in [0.25, 0.3) is 5.78 Å². The number of carbonyl (C=O) groups excluding carboxylic acids is 1. The second kappa shape index (κ2) is 5.31. The Balaban J connectivity index is 3.12. The molecular weight excluding hydrogens is 307 g/mol. The predicted octanol–water partition coefficient (Wildman–Crippen LogP) is 2.73. The van der Waals surface area contributed by atoms with Gasteiger partial charge in [-0.1, -0.05) is 13.8 Å². The standard InChI is InChI=1S/C13H18F3NO3S/c1-11(2)5-6(7(11)9(18)13(14,15)16)21-12(3,4)8(17)10(19)20/h8H,5,17H2,1-4H3,(H,19,20). The first-order valence-electron chi connectivity index (χ1n) is 6.22. The fraction of sp³-hybridized carbons (Fsp3) is 0.692. The molecule has 120 valence electrons. The maximum atomic E-state index is 12.6. The molecular formula is C13H18F3NO3S. The smallest absolute Gasteiger partial charge is 0.454 e. The Kier molecular flexibility index (Phi) is 4.56. The van der Waals surface area contributed by atoms with Crippen LogP contribution in [0.5, 0.6) is 0 Å². The van der Waals surface area contributed by atoms with Crippen LogP contribution in [-0.2, 0) is 9.59 Å². The van der Waals surface area contributed by atoms with E-state index in [0.717, 1.165) is 11.8 Å². The van der Waals surface area contributed by atoms with Crippen LogP contribution in [-0.4, -0.2) is 33.8 Å². The minimum atomic E-state index is -4.93. The summed E-state index contributed by atoms with van der Waals surface area (Å²) in [5, 5.41) is 8.93. The number of carbonyl (C=O) groups is 2. The number of alkyl halides is 3. The van der Waals surface area contributed by atoms with Crippen LogP contribution < -0.4 is 5.73 Å². The first-order valence-corrected chi connectivity index (χ1v) is 7.04. The molecule has 0 aliphatic heterocycles. The first kappa shape index (κ1) is 18.0. The van der Waals surface area contributed by atoms with E-state index in [2.05, 4.69) is 0 Å². The maximum Gasteiger partial charge on any atom is 0.454 e. The van der Waals surface area contributed by atoms with Crippen molar-refractivity contribution < 1.29 is 27.9 Å². The number of thioether (sulfide) groups is 1. The van der Waals surface area contributed by atoms with E-state index in [9.17, 15) is 22.8 Å². The molecule has 1 aliphatic rings. The lowest BCUT2D eigenvalue weighted by atomic mass is 9.69. The molecule has 0 saturated carbocycles. The normalized spacial score (nSPS) is 20.0. The Hall–Kier alpha value is -1.02. The summed E-state index contributed by atoms with van der Waals surface area (Å²) in [4.78, 5) is 22.7. The fourth-order valence-electron chi connectivity index (χ4n) is 2.19. The van der Waals surface area contributed by atoms with E-state index in [4.69, 9.17) is 10.8 Å². The number of carboxylic acids is 1. The van der Waals surface area contributed by atoms with Gasteiger partial charge in [0.05, 0.1) is 0 Å². The number of nitrogens with two attached hydrogens (primary N) is 1. The van der Waals surface area contributed by atoms with Crippen molar-refractivity contribution in [1.82, 2.24) is 0 Å². The molecule has 0 bridgehead atoms. The Morgan fingerprint density at radius 2 is 1.81 bits per heavy atom. The lowest BCUT2D eigenvalue weighted by Crippen LogP contribution is -2.48. The molecule has 0 saturated heterocycles. The molecule has 21 heavy (non-hydrogen) atoms. The molecule has 0 radical (unpaired) electrons. The second-order valence-electron chi connectivity index (χ2n) is 6.21. The number of ketones is 1. The van der Waals surface area contributed by atoms with Crippen LogP contribution >= 0.6 is 11.8 Å². The highest BCUT2D eigenvalue weighted by atomic mass is 32.2. The van der Waals surface area contributed by atoms with Gasteiger partial charge >= 0.3 is 12.1 Å². The number of halogens is 3. The van der Waals surface area contributed by atoms with Gasteiger partial charge in [0.2, 0.25) is 0 Å². The van der Waals surface area contributed by atoms with Gasteiger partial charge < -0.3 is 10.8 Å². The van der Waals surface area contributed by atoms with Crippen LogP contribution in [0.3, 0.4) is 0 Å². The Morgan fingerprint density at radius 3 is 2.14 bits per heavy atom. The minimum Gasteiger partial charge on any atom is -0.480 e. The first-order chi connectivity index (χ1) is 9.20. The van der Waals surface area contributed by atoms with Gasteiger partial charge in [-0.2, -0.15) is 13.2 Å². The van der Waals surface area contributed by atoms with E-state index in [-0.39, 0.29) is 10.5 Å². The minimum absolute atomic E-state index is 0.268. The summed E-state index contributed by atoms with van der Waals surface area (Å²) in [5.74, 6) is -3.10. The summed E-state index contributed by atoms with van der Waals surface area (Å²) in [7, 11) is 0. The highest BCUT2D eigenvalue weighted by molar-refractivity contribution is 8.04. The molecule has 0 heterocycles. The monoisotopic (exact) mass is 325 g/mol. The number of hydrogen-bond acceptors (Lipinski definition) is 4. The molecule has 0 aromatic heterocycles. The van der Waals surface area contributed by atoms with E-state index in [0.29, 0.717) is 6.42 Å². The third kappa shape index (κ3) is 3.60. The molecule has 0 aromatic carbocycles. The lowest BCUT2D eigenvalue weighted by Gasteiger charge is -2.42. The van der Waals surface area contributed by atoms with Crippen LogP contribution in [0.1, 0.15) is 34.1 Å². The SMILES string of the molecule is CC1(C)CC(SC(C)(C)C(N)C(=O)O)=C1C(=O)C(F)(F)F. The van der Waals surface area contributed by atoms with Crippen LogP contribution in [0.4, 0.5) is 13.2 Å². The van der Waals surface area contributed by atoms with E-state index in [1.165, 1.54) is 13.8 Å². The van der Waals surface area contributed by atoms with Crippen molar-refractivity contribution in [2.24, 2.45) is 11.1 Å². The van der Waals surface area contributed by atoms with Crippen molar-refractivity contribution in [2.45, 2.75) is 51.1 Å². The zero-order valence-electron chi connectivity index (χ0n) is 12.2. The molecule has 4 nitrogen and oxygen atoms in total. The van der Waals surface area contributed by atoms with Gasteiger partial charge in [-0.15, -0.1) is 11.8 Å². The maximum absolute atomic E-state index is 12.6. The largest absolute Gasteiger partial charge is 0.480 e. The van der Waals surface area contributed by atoms with Crippen molar-refractivity contribution >= 4 is 23.5 Å². The van der Waals surface area contributed by atoms with Gasteiger partial charge in [0, 0.05) is 10.3 Å². The summed E-state index contributed by atoms with van der Waals surface area (Å²) in [6, 6.07) is -1.25. The zero-order valence-corrected chi connectivity index (χ0v) is 13.0. The van der Waals surface area contributed by atoms with Gasteiger partial charge in [-0.25, -0.2) is 0 Å². The molecule has 1 atom stereocenters. The summed E-state index contributed by atoms with van der Waals surface area (Å²) in [6.45, 7) is 6.18. The van der Waals surface area contributed by atoms with Gasteiger partial charge in [0.1, 0.15) is 6.04 Å². The topological polar surface area (TPSA) is 80.4 Å². The van der Waals surface area contributed by atoms with E-state index in [1.807, 2.05) is 0 Å². The van der Waals surface area contributed by atoms with Crippen LogP contribution in [0, 0.1) is 5.41 Å². The lowest BCUT2D eigenvalue weighted by molar-refractivity contribution is -0.168. The zero-order chi connectivity index (χ0) is 16.8. The average molecular weight is 325 g/mol. The molecule has 0 spiro atoms. The van der Waals surface area contributed by atoms with Crippen molar-refractivity contribution in [2.75, 3.05) is 0 Å². The molecule has 8 heteroatoms. The van der Waals surface area contributed by atoms with Crippen molar-refractivity contribution in [3.8, 4) is 0 Å².